The number of piperazine rings is 1. The van der Waals surface area contributed by atoms with Crippen LogP contribution in [0.15, 0.2) is 48.5 Å². The predicted octanol–water partition coefficient (Wildman–Crippen LogP) is 1.77. The van der Waals surface area contributed by atoms with Gasteiger partial charge in [0.15, 0.2) is 0 Å². The number of nitrogens with zero attached hydrogens (tertiary/aromatic N) is 3. The molecule has 1 saturated heterocycles. The van der Waals surface area contributed by atoms with Crippen molar-refractivity contribution in [1.82, 2.24) is 15.2 Å². The molecule has 1 N–H and O–H groups in total. The first-order valence-corrected chi connectivity index (χ1v) is 8.15. The number of hydrogen-bond donors (Lipinski definition) is 1. The average Bonchev–Trinajstić information content (AvgIpc) is 2.63. The minimum atomic E-state index is -0.446. The van der Waals surface area contributed by atoms with Crippen LogP contribution in [-0.2, 0) is 0 Å². The van der Waals surface area contributed by atoms with Crippen LogP contribution in [0.25, 0.3) is 0 Å². The number of halogens is 1. The lowest BCUT2D eigenvalue weighted by atomic mass is 10.2. The Morgan fingerprint density at radius 2 is 1.79 bits per heavy atom. The molecule has 0 aliphatic carbocycles. The third-order valence-electron chi connectivity index (χ3n) is 4.15. The maximum absolute atomic E-state index is 13.2. The Labute approximate surface area is 141 Å². The fourth-order valence-electron chi connectivity index (χ4n) is 2.79. The predicted molar refractivity (Wildman–Crippen MR) is 91.6 cm³/mol. The van der Waals surface area contributed by atoms with Crippen LogP contribution in [0.1, 0.15) is 10.4 Å². The first kappa shape index (κ1) is 16.4. The van der Waals surface area contributed by atoms with Gasteiger partial charge in [0.1, 0.15) is 5.82 Å². The molecule has 0 spiro atoms. The number of amides is 1. The van der Waals surface area contributed by atoms with Crippen molar-refractivity contribution in [2.45, 2.75) is 0 Å². The summed E-state index contributed by atoms with van der Waals surface area (Å²) in [6, 6.07) is 14.1. The molecule has 0 unspecified atom stereocenters. The topological polar surface area (TPSA) is 48.5 Å². The summed E-state index contributed by atoms with van der Waals surface area (Å²) in [5.41, 5.74) is 0.680. The zero-order valence-corrected chi connectivity index (χ0v) is 13.5. The summed E-state index contributed by atoms with van der Waals surface area (Å²) in [4.78, 5) is 20.3. The van der Waals surface area contributed by atoms with Crippen molar-refractivity contribution in [2.24, 2.45) is 0 Å². The number of rotatable bonds is 5. The smallest absolute Gasteiger partial charge is 0.251 e. The second-order valence-electron chi connectivity index (χ2n) is 5.77. The number of anilines is 1. The van der Waals surface area contributed by atoms with Crippen molar-refractivity contribution in [1.29, 1.82) is 0 Å². The highest BCUT2D eigenvalue weighted by Crippen LogP contribution is 2.13. The molecule has 1 fully saturated rings. The molecule has 1 aliphatic rings. The number of pyridine rings is 1. The van der Waals surface area contributed by atoms with Crippen molar-refractivity contribution in [2.75, 3.05) is 44.2 Å². The third kappa shape index (κ3) is 4.29. The highest BCUT2D eigenvalue weighted by molar-refractivity contribution is 5.94. The van der Waals surface area contributed by atoms with Gasteiger partial charge in [-0.15, -0.1) is 0 Å². The van der Waals surface area contributed by atoms with Crippen LogP contribution in [-0.4, -0.2) is 55.1 Å². The zero-order valence-electron chi connectivity index (χ0n) is 13.5. The monoisotopic (exact) mass is 328 g/mol. The summed E-state index contributed by atoms with van der Waals surface area (Å²) in [5, 5.41) is 2.94. The molecule has 1 aromatic heterocycles. The van der Waals surface area contributed by atoms with Gasteiger partial charge >= 0.3 is 0 Å². The fraction of sp³-hybridized carbons (Fsp3) is 0.333. The van der Waals surface area contributed by atoms with Crippen molar-refractivity contribution < 1.29 is 9.18 Å². The van der Waals surface area contributed by atoms with Gasteiger partial charge in [-0.25, -0.2) is 4.98 Å². The summed E-state index contributed by atoms with van der Waals surface area (Å²) >= 11 is 0. The van der Waals surface area contributed by atoms with Gasteiger partial charge in [0.25, 0.3) is 5.91 Å². The van der Waals surface area contributed by atoms with Crippen molar-refractivity contribution in [3.63, 3.8) is 0 Å². The van der Waals surface area contributed by atoms with Gasteiger partial charge < -0.3 is 10.2 Å². The molecule has 0 bridgehead atoms. The summed E-state index contributed by atoms with van der Waals surface area (Å²) in [5.74, 6) is 0.198. The minimum Gasteiger partial charge on any atom is -0.354 e. The van der Waals surface area contributed by atoms with Gasteiger partial charge in [-0.3, -0.25) is 9.69 Å². The summed E-state index contributed by atoms with van der Waals surface area (Å²) < 4.78 is 13.2. The van der Waals surface area contributed by atoms with Crippen molar-refractivity contribution in [3.05, 3.63) is 60.0 Å². The van der Waals surface area contributed by atoms with Gasteiger partial charge in [-0.05, 0) is 24.3 Å². The Morgan fingerprint density at radius 3 is 2.50 bits per heavy atom. The molecule has 2 heterocycles. The number of nitrogens with one attached hydrogen (secondary N) is 1. The van der Waals surface area contributed by atoms with Crippen molar-refractivity contribution >= 4 is 11.7 Å². The van der Waals surface area contributed by atoms with Gasteiger partial charge in [-0.1, -0.05) is 24.3 Å². The Balaban J connectivity index is 1.40. The number of carbonyl (C=O) groups excluding carboxylic acids is 1. The second kappa shape index (κ2) is 7.88. The van der Waals surface area contributed by atoms with Crippen LogP contribution in [0.5, 0.6) is 0 Å². The molecule has 24 heavy (non-hydrogen) atoms. The van der Waals surface area contributed by atoms with Gasteiger partial charge in [0.2, 0.25) is 5.95 Å². The van der Waals surface area contributed by atoms with Crippen LogP contribution in [0.4, 0.5) is 10.2 Å². The van der Waals surface area contributed by atoms with Gasteiger partial charge in [-0.2, -0.15) is 4.39 Å². The van der Waals surface area contributed by atoms with E-state index in [0.717, 1.165) is 32.7 Å². The zero-order chi connectivity index (χ0) is 16.8. The minimum absolute atomic E-state index is 0.0433. The van der Waals surface area contributed by atoms with Crippen molar-refractivity contribution in [3.8, 4) is 0 Å². The molecule has 6 heteroatoms. The molecule has 0 saturated carbocycles. The summed E-state index contributed by atoms with van der Waals surface area (Å²) in [6.45, 7) is 4.79. The highest BCUT2D eigenvalue weighted by atomic mass is 19.1. The summed E-state index contributed by atoms with van der Waals surface area (Å²) in [6.07, 6.45) is 0. The lowest BCUT2D eigenvalue weighted by molar-refractivity contribution is 0.0948. The standard InChI is InChI=1S/C18H21FN4O/c19-16-7-4-8-17(21-16)23-13-11-22(12-14-23)10-9-20-18(24)15-5-2-1-3-6-15/h1-8H,9-14H2,(H,20,24). The Hall–Kier alpha value is -2.47. The van der Waals surface area contributed by atoms with Crippen LogP contribution < -0.4 is 10.2 Å². The Kier molecular flexibility index (Phi) is 5.38. The molecule has 3 rings (SSSR count). The first-order valence-electron chi connectivity index (χ1n) is 8.15. The van der Waals surface area contributed by atoms with E-state index >= 15 is 0 Å². The molecule has 0 radical (unpaired) electrons. The van der Waals surface area contributed by atoms with E-state index in [2.05, 4.69) is 20.1 Å². The van der Waals surface area contributed by atoms with E-state index in [1.807, 2.05) is 24.3 Å². The largest absolute Gasteiger partial charge is 0.354 e. The normalized spacial score (nSPS) is 15.3. The maximum Gasteiger partial charge on any atom is 0.251 e. The van der Waals surface area contributed by atoms with Gasteiger partial charge in [0.05, 0.1) is 0 Å². The number of carbonyl (C=O) groups is 1. The SMILES string of the molecule is O=C(NCCN1CCN(c2cccc(F)n2)CC1)c1ccccc1. The van der Waals surface area contributed by atoms with E-state index in [4.69, 9.17) is 0 Å². The van der Waals surface area contributed by atoms with E-state index < -0.39 is 5.95 Å². The van der Waals surface area contributed by atoms with Crippen LogP contribution >= 0.6 is 0 Å². The lowest BCUT2D eigenvalue weighted by Gasteiger charge is -2.35. The van der Waals surface area contributed by atoms with E-state index in [9.17, 15) is 9.18 Å². The van der Waals surface area contributed by atoms with Gasteiger partial charge in [0, 0.05) is 44.8 Å². The molecular weight excluding hydrogens is 307 g/mol. The molecule has 1 aliphatic heterocycles. The van der Waals surface area contributed by atoms with Crippen LogP contribution in [0.3, 0.4) is 0 Å². The molecule has 1 aromatic carbocycles. The molecule has 126 valence electrons. The average molecular weight is 328 g/mol. The number of aromatic nitrogens is 1. The molecule has 2 aromatic rings. The Bertz CT molecular complexity index is 672. The Morgan fingerprint density at radius 1 is 1.04 bits per heavy atom. The molecule has 0 atom stereocenters. The van der Waals surface area contributed by atoms with E-state index in [1.54, 1.807) is 18.2 Å². The molecule has 1 amide bonds. The van der Waals surface area contributed by atoms with E-state index in [1.165, 1.54) is 6.07 Å². The third-order valence-corrected chi connectivity index (χ3v) is 4.15. The van der Waals surface area contributed by atoms with E-state index in [-0.39, 0.29) is 5.91 Å². The lowest BCUT2D eigenvalue weighted by Crippen LogP contribution is -2.48. The number of benzene rings is 1. The highest BCUT2D eigenvalue weighted by Gasteiger charge is 2.18. The second-order valence-corrected chi connectivity index (χ2v) is 5.77. The number of hydrogen-bond acceptors (Lipinski definition) is 4. The fourth-order valence-corrected chi connectivity index (χ4v) is 2.79. The first-order chi connectivity index (χ1) is 11.7. The molecular formula is C18H21FN4O. The quantitative estimate of drug-likeness (QED) is 0.850. The van der Waals surface area contributed by atoms with Crippen LogP contribution in [0.2, 0.25) is 0 Å². The summed E-state index contributed by atoms with van der Waals surface area (Å²) in [7, 11) is 0. The maximum atomic E-state index is 13.2. The molecule has 5 nitrogen and oxygen atoms in total. The van der Waals surface area contributed by atoms with Crippen LogP contribution in [0, 0.1) is 5.95 Å². The van der Waals surface area contributed by atoms with E-state index in [0.29, 0.717) is 17.9 Å².